The van der Waals surface area contributed by atoms with Gasteiger partial charge >= 0.3 is 12.1 Å². The Balaban J connectivity index is 1.65. The second-order valence-corrected chi connectivity index (χ2v) is 16.1. The summed E-state index contributed by atoms with van der Waals surface area (Å²) in [6.07, 6.45) is 4.57. The van der Waals surface area contributed by atoms with E-state index in [-0.39, 0.29) is 29.6 Å². The standard InChI is InChI=1S/C37H53ClN4O7/c1-11-12-13-14-22-18-27(22)48-35(45)41-30(36(4,5)6)33(43)42-20-28(24(17-21(2)3)29(42)34(44)49-37(7,8)9)47-32-31(38)39-25-16-15-23(46-10)19-26(25)40-32/h11,15-16,19,21-22,24,27-30H,1,12-14,17-18,20H2,2-10H3,(H,41,45)/t22-,24-,27-,28+,29+,30-/m1/s1. The van der Waals surface area contributed by atoms with Gasteiger partial charge < -0.3 is 29.2 Å². The summed E-state index contributed by atoms with van der Waals surface area (Å²) in [6, 6.07) is 3.25. The normalized spacial score (nSPS) is 22.8. The van der Waals surface area contributed by atoms with Crippen LogP contribution in [0.25, 0.3) is 11.0 Å². The van der Waals surface area contributed by atoms with Crippen LogP contribution in [0.15, 0.2) is 30.9 Å². The van der Waals surface area contributed by atoms with E-state index in [1.54, 1.807) is 46.1 Å². The van der Waals surface area contributed by atoms with E-state index in [4.69, 9.17) is 30.5 Å². The number of hydrogen-bond donors (Lipinski definition) is 1. The quantitative estimate of drug-likeness (QED) is 0.132. The summed E-state index contributed by atoms with van der Waals surface area (Å²) in [4.78, 5) is 52.4. The number of nitrogens with zero attached hydrogens (tertiary/aromatic N) is 3. The number of ether oxygens (including phenoxy) is 4. The van der Waals surface area contributed by atoms with Crippen LogP contribution in [0.2, 0.25) is 5.15 Å². The average Bonchev–Trinajstić information content (AvgIpc) is 3.63. The minimum Gasteiger partial charge on any atom is -0.497 e. The van der Waals surface area contributed by atoms with Crippen molar-refractivity contribution in [2.24, 2.45) is 23.2 Å². The van der Waals surface area contributed by atoms with Crippen LogP contribution in [0.3, 0.4) is 0 Å². The van der Waals surface area contributed by atoms with Gasteiger partial charge in [-0.2, -0.15) is 0 Å². The maximum atomic E-state index is 14.6. The van der Waals surface area contributed by atoms with Gasteiger partial charge in [-0.05, 0) is 82.3 Å². The molecule has 1 aromatic carbocycles. The van der Waals surface area contributed by atoms with Crippen LogP contribution in [-0.4, -0.2) is 76.4 Å². The molecule has 270 valence electrons. The number of carbonyl (C=O) groups excluding carboxylic acids is 3. The van der Waals surface area contributed by atoms with Gasteiger partial charge in [-0.3, -0.25) is 4.79 Å². The van der Waals surface area contributed by atoms with E-state index in [1.807, 2.05) is 40.7 Å². The molecule has 2 fully saturated rings. The van der Waals surface area contributed by atoms with Crippen molar-refractivity contribution in [1.82, 2.24) is 20.2 Å². The second kappa shape index (κ2) is 15.5. The molecule has 0 spiro atoms. The molecule has 1 saturated carbocycles. The number of carbonyl (C=O) groups is 3. The lowest BCUT2D eigenvalue weighted by molar-refractivity contribution is -0.165. The Morgan fingerprint density at radius 3 is 2.43 bits per heavy atom. The van der Waals surface area contributed by atoms with Gasteiger partial charge in [-0.1, -0.05) is 52.3 Å². The van der Waals surface area contributed by atoms with E-state index in [1.165, 1.54) is 4.90 Å². The fourth-order valence-corrected chi connectivity index (χ4v) is 6.53. The van der Waals surface area contributed by atoms with Gasteiger partial charge in [0, 0.05) is 12.0 Å². The molecule has 1 aliphatic heterocycles. The topological polar surface area (TPSA) is 129 Å². The first-order valence-electron chi connectivity index (χ1n) is 17.2. The molecule has 1 aromatic heterocycles. The van der Waals surface area contributed by atoms with E-state index >= 15 is 0 Å². The Morgan fingerprint density at radius 1 is 1.10 bits per heavy atom. The van der Waals surface area contributed by atoms with Crippen molar-refractivity contribution >= 4 is 40.6 Å². The van der Waals surface area contributed by atoms with E-state index in [9.17, 15) is 14.4 Å². The Labute approximate surface area is 295 Å². The van der Waals surface area contributed by atoms with Gasteiger partial charge in [0.1, 0.15) is 35.6 Å². The molecule has 2 heterocycles. The molecule has 4 rings (SSSR count). The van der Waals surface area contributed by atoms with Crippen LogP contribution in [0.4, 0.5) is 4.79 Å². The molecule has 11 nitrogen and oxygen atoms in total. The highest BCUT2D eigenvalue weighted by molar-refractivity contribution is 6.31. The van der Waals surface area contributed by atoms with Crippen molar-refractivity contribution in [2.75, 3.05) is 13.7 Å². The minimum atomic E-state index is -1.00. The zero-order valence-electron chi connectivity index (χ0n) is 30.4. The summed E-state index contributed by atoms with van der Waals surface area (Å²) >= 11 is 6.59. The van der Waals surface area contributed by atoms with Crippen molar-refractivity contribution in [3.05, 3.63) is 36.0 Å². The molecule has 0 bridgehead atoms. The largest absolute Gasteiger partial charge is 0.497 e. The number of aromatic nitrogens is 2. The predicted molar refractivity (Wildman–Crippen MR) is 189 cm³/mol. The van der Waals surface area contributed by atoms with Crippen LogP contribution < -0.4 is 14.8 Å². The maximum Gasteiger partial charge on any atom is 0.408 e. The molecule has 2 amide bonds. The molecule has 2 aromatic rings. The molecule has 0 radical (unpaired) electrons. The molecule has 1 saturated heterocycles. The number of esters is 1. The zero-order valence-corrected chi connectivity index (χ0v) is 31.1. The maximum absolute atomic E-state index is 14.6. The highest BCUT2D eigenvalue weighted by Crippen LogP contribution is 2.40. The lowest BCUT2D eigenvalue weighted by Crippen LogP contribution is -2.58. The smallest absolute Gasteiger partial charge is 0.408 e. The fraction of sp³-hybridized carbons (Fsp3) is 0.649. The number of nitrogens with one attached hydrogen (secondary N) is 1. The first-order chi connectivity index (χ1) is 22.9. The number of rotatable bonds is 13. The lowest BCUT2D eigenvalue weighted by atomic mass is 9.85. The Morgan fingerprint density at radius 2 is 1.82 bits per heavy atom. The van der Waals surface area contributed by atoms with Crippen LogP contribution in [0.5, 0.6) is 11.6 Å². The SMILES string of the molecule is C=CCCC[C@@H]1C[C@H]1OC(=O)N[C@H](C(=O)N1C[C@H](Oc2nc3cc(OC)ccc3nc2Cl)[C@@H](CC(C)C)[C@H]1C(=O)OC(C)(C)C)C(C)(C)C. The minimum absolute atomic E-state index is 0.0333. The van der Waals surface area contributed by atoms with Crippen LogP contribution in [0, 0.1) is 23.2 Å². The summed E-state index contributed by atoms with van der Waals surface area (Å²) in [5.74, 6) is -0.326. The van der Waals surface area contributed by atoms with Crippen molar-refractivity contribution in [3.8, 4) is 11.6 Å². The third kappa shape index (κ3) is 9.99. The van der Waals surface area contributed by atoms with Gasteiger partial charge in [0.2, 0.25) is 5.91 Å². The summed E-state index contributed by atoms with van der Waals surface area (Å²) < 4.78 is 23.5. The molecule has 0 unspecified atom stereocenters. The Kier molecular flexibility index (Phi) is 12.1. The number of allylic oxidation sites excluding steroid dienone is 1. The van der Waals surface area contributed by atoms with Crippen molar-refractivity contribution in [3.63, 3.8) is 0 Å². The second-order valence-electron chi connectivity index (χ2n) is 15.7. The molecule has 1 N–H and O–H groups in total. The van der Waals surface area contributed by atoms with Gasteiger partial charge in [0.15, 0.2) is 5.15 Å². The molecule has 12 heteroatoms. The number of amides is 2. The Hall–Kier alpha value is -3.60. The summed E-state index contributed by atoms with van der Waals surface area (Å²) in [5, 5.41) is 2.90. The molecular weight excluding hydrogens is 648 g/mol. The molecule has 49 heavy (non-hydrogen) atoms. The third-order valence-electron chi connectivity index (χ3n) is 8.81. The number of benzene rings is 1. The number of halogens is 1. The van der Waals surface area contributed by atoms with Crippen LogP contribution >= 0.6 is 11.6 Å². The van der Waals surface area contributed by atoms with Crippen molar-refractivity contribution < 1.29 is 33.3 Å². The van der Waals surface area contributed by atoms with E-state index in [0.29, 0.717) is 29.1 Å². The highest BCUT2D eigenvalue weighted by Gasteiger charge is 2.53. The van der Waals surface area contributed by atoms with Gasteiger partial charge in [0.05, 0.1) is 24.7 Å². The number of unbranched alkanes of at least 4 members (excludes halogenated alkanes) is 1. The van der Waals surface area contributed by atoms with Gasteiger partial charge in [-0.15, -0.1) is 6.58 Å². The van der Waals surface area contributed by atoms with Gasteiger partial charge in [0.25, 0.3) is 5.88 Å². The lowest BCUT2D eigenvalue weighted by Gasteiger charge is -2.36. The predicted octanol–water partition coefficient (Wildman–Crippen LogP) is 7.14. The van der Waals surface area contributed by atoms with E-state index < -0.39 is 53.1 Å². The van der Waals surface area contributed by atoms with Crippen molar-refractivity contribution in [1.29, 1.82) is 0 Å². The number of likely N-dealkylation sites (tertiary alicyclic amines) is 1. The van der Waals surface area contributed by atoms with E-state index in [2.05, 4.69) is 21.9 Å². The monoisotopic (exact) mass is 700 g/mol. The number of hydrogen-bond acceptors (Lipinski definition) is 9. The molecule has 6 atom stereocenters. The number of methoxy groups -OCH3 is 1. The summed E-state index contributed by atoms with van der Waals surface area (Å²) in [5.41, 5.74) is -0.452. The van der Waals surface area contributed by atoms with Crippen LogP contribution in [-0.2, 0) is 19.1 Å². The van der Waals surface area contributed by atoms with Crippen LogP contribution in [0.1, 0.15) is 87.5 Å². The average molecular weight is 701 g/mol. The first kappa shape index (κ1) is 38.2. The fourth-order valence-electron chi connectivity index (χ4n) is 6.36. The highest BCUT2D eigenvalue weighted by atomic mass is 35.5. The Bertz CT molecular complexity index is 1520. The zero-order chi connectivity index (χ0) is 36.3. The molecule has 2 aliphatic rings. The van der Waals surface area contributed by atoms with Gasteiger partial charge in [-0.25, -0.2) is 19.6 Å². The van der Waals surface area contributed by atoms with E-state index in [0.717, 1.165) is 25.7 Å². The number of alkyl carbamates (subject to hydrolysis) is 1. The van der Waals surface area contributed by atoms with Crippen molar-refractivity contribution in [2.45, 2.75) is 117 Å². The third-order valence-corrected chi connectivity index (χ3v) is 9.05. The summed E-state index contributed by atoms with van der Waals surface area (Å²) in [6.45, 7) is 18.8. The first-order valence-corrected chi connectivity index (χ1v) is 17.6. The molecular formula is C37H53ClN4O7. The summed E-state index contributed by atoms with van der Waals surface area (Å²) in [7, 11) is 1.56. The number of fused-ring (bicyclic) bond motifs is 1. The molecule has 1 aliphatic carbocycles.